The summed E-state index contributed by atoms with van der Waals surface area (Å²) in [6.45, 7) is 1.94. The monoisotopic (exact) mass is 258 g/mol. The molecule has 0 aromatic heterocycles. The number of rotatable bonds is 3. The van der Waals surface area contributed by atoms with E-state index < -0.39 is 4.92 Å². The van der Waals surface area contributed by atoms with Gasteiger partial charge in [-0.05, 0) is 30.7 Å². The molecule has 0 fully saturated rings. The standard InChI is InChI=1S/C13H14N4O2/c1-9-3-2-4-10(7-9)16(15)13-8-11(17(18)19)5-6-12(13)14/h2-8H,14-15H2,1H3. The van der Waals surface area contributed by atoms with Crippen LogP contribution in [0.25, 0.3) is 0 Å². The second-order valence-electron chi connectivity index (χ2n) is 4.21. The molecular weight excluding hydrogens is 244 g/mol. The lowest BCUT2D eigenvalue weighted by Gasteiger charge is -2.20. The van der Waals surface area contributed by atoms with Gasteiger partial charge in [0.25, 0.3) is 5.69 Å². The van der Waals surface area contributed by atoms with Crippen molar-refractivity contribution in [1.29, 1.82) is 0 Å². The molecule has 0 amide bonds. The van der Waals surface area contributed by atoms with Crippen LogP contribution in [-0.2, 0) is 0 Å². The molecule has 0 spiro atoms. The molecule has 6 nitrogen and oxygen atoms in total. The number of aryl methyl sites for hydroxylation is 1. The summed E-state index contributed by atoms with van der Waals surface area (Å²) in [6, 6.07) is 11.7. The van der Waals surface area contributed by atoms with Crippen LogP contribution in [-0.4, -0.2) is 4.92 Å². The Bertz CT molecular complexity index is 628. The van der Waals surface area contributed by atoms with Gasteiger partial charge in [-0.1, -0.05) is 12.1 Å². The molecule has 0 aliphatic carbocycles. The zero-order chi connectivity index (χ0) is 14.0. The van der Waals surface area contributed by atoms with Crippen molar-refractivity contribution in [2.45, 2.75) is 6.92 Å². The highest BCUT2D eigenvalue weighted by Gasteiger charge is 2.14. The zero-order valence-electron chi connectivity index (χ0n) is 10.4. The Hall–Kier alpha value is -2.60. The summed E-state index contributed by atoms with van der Waals surface area (Å²) in [7, 11) is 0. The number of nitrogen functional groups attached to an aromatic ring is 1. The van der Waals surface area contributed by atoms with Crippen molar-refractivity contribution in [2.75, 3.05) is 10.7 Å². The molecule has 0 heterocycles. The molecule has 0 aliphatic rings. The third-order valence-electron chi connectivity index (χ3n) is 2.76. The highest BCUT2D eigenvalue weighted by Crippen LogP contribution is 2.31. The number of nitro benzene ring substituents is 1. The van der Waals surface area contributed by atoms with Gasteiger partial charge >= 0.3 is 0 Å². The number of nitrogens with two attached hydrogens (primary N) is 2. The predicted octanol–water partition coefficient (Wildman–Crippen LogP) is 2.50. The fourth-order valence-electron chi connectivity index (χ4n) is 1.77. The molecule has 4 N–H and O–H groups in total. The number of benzene rings is 2. The van der Waals surface area contributed by atoms with Gasteiger partial charge in [0.15, 0.2) is 0 Å². The van der Waals surface area contributed by atoms with Crippen LogP contribution < -0.4 is 16.6 Å². The maximum absolute atomic E-state index is 10.8. The maximum atomic E-state index is 10.8. The molecule has 0 aliphatic heterocycles. The van der Waals surface area contributed by atoms with Gasteiger partial charge in [-0.15, -0.1) is 0 Å². The first-order valence-electron chi connectivity index (χ1n) is 5.64. The molecule has 98 valence electrons. The Balaban J connectivity index is 2.46. The number of hydrogen-bond acceptors (Lipinski definition) is 5. The molecule has 0 atom stereocenters. The quantitative estimate of drug-likeness (QED) is 0.381. The highest BCUT2D eigenvalue weighted by molar-refractivity contribution is 5.76. The fraction of sp³-hybridized carbons (Fsp3) is 0.0769. The van der Waals surface area contributed by atoms with Crippen LogP contribution in [0.3, 0.4) is 0 Å². The number of hydrogen-bond donors (Lipinski definition) is 2. The lowest BCUT2D eigenvalue weighted by atomic mass is 10.2. The van der Waals surface area contributed by atoms with E-state index in [1.165, 1.54) is 23.2 Å². The predicted molar refractivity (Wildman–Crippen MR) is 75.0 cm³/mol. The molecular formula is C13H14N4O2. The number of non-ortho nitro benzene ring substituents is 1. The van der Waals surface area contributed by atoms with Gasteiger partial charge in [0.1, 0.15) is 0 Å². The van der Waals surface area contributed by atoms with Crippen molar-refractivity contribution in [3.8, 4) is 0 Å². The van der Waals surface area contributed by atoms with Crippen molar-refractivity contribution in [3.05, 3.63) is 58.1 Å². The first kappa shape index (κ1) is 12.8. The van der Waals surface area contributed by atoms with E-state index in [4.69, 9.17) is 11.6 Å². The number of nitro groups is 1. The second-order valence-corrected chi connectivity index (χ2v) is 4.21. The highest BCUT2D eigenvalue weighted by atomic mass is 16.6. The van der Waals surface area contributed by atoms with Crippen molar-refractivity contribution < 1.29 is 4.92 Å². The van der Waals surface area contributed by atoms with Crippen LogP contribution in [0.1, 0.15) is 5.56 Å². The number of anilines is 3. The normalized spacial score (nSPS) is 10.2. The maximum Gasteiger partial charge on any atom is 0.271 e. The van der Waals surface area contributed by atoms with E-state index in [2.05, 4.69) is 0 Å². The van der Waals surface area contributed by atoms with Gasteiger partial charge < -0.3 is 5.73 Å². The van der Waals surface area contributed by atoms with Gasteiger partial charge in [0.2, 0.25) is 0 Å². The number of nitrogens with zero attached hydrogens (tertiary/aromatic N) is 2. The van der Waals surface area contributed by atoms with Crippen molar-refractivity contribution in [1.82, 2.24) is 0 Å². The minimum absolute atomic E-state index is 0.0488. The van der Waals surface area contributed by atoms with Crippen LogP contribution in [0.4, 0.5) is 22.7 Å². The molecule has 2 aromatic rings. The Morgan fingerprint density at radius 3 is 2.58 bits per heavy atom. The molecule has 19 heavy (non-hydrogen) atoms. The molecule has 0 radical (unpaired) electrons. The Kier molecular flexibility index (Phi) is 3.35. The van der Waals surface area contributed by atoms with E-state index in [1.54, 1.807) is 0 Å². The third kappa shape index (κ3) is 2.63. The summed E-state index contributed by atoms with van der Waals surface area (Å²) in [5, 5.41) is 12.1. The molecule has 6 heteroatoms. The lowest BCUT2D eigenvalue weighted by Crippen LogP contribution is -2.26. The van der Waals surface area contributed by atoms with Crippen LogP contribution in [0.15, 0.2) is 42.5 Å². The van der Waals surface area contributed by atoms with Crippen molar-refractivity contribution in [2.24, 2.45) is 5.84 Å². The van der Waals surface area contributed by atoms with E-state index in [0.29, 0.717) is 17.1 Å². The van der Waals surface area contributed by atoms with Crippen molar-refractivity contribution >= 4 is 22.7 Å². The average molecular weight is 258 g/mol. The Morgan fingerprint density at radius 2 is 1.95 bits per heavy atom. The minimum atomic E-state index is -0.479. The summed E-state index contributed by atoms with van der Waals surface area (Å²) >= 11 is 0. The van der Waals surface area contributed by atoms with Gasteiger partial charge in [-0.2, -0.15) is 0 Å². The molecule has 0 unspecified atom stereocenters. The smallest absolute Gasteiger partial charge is 0.271 e. The van der Waals surface area contributed by atoms with E-state index >= 15 is 0 Å². The fourth-order valence-corrected chi connectivity index (χ4v) is 1.77. The van der Waals surface area contributed by atoms with Crippen LogP contribution in [0.2, 0.25) is 0 Å². The third-order valence-corrected chi connectivity index (χ3v) is 2.76. The second kappa shape index (κ2) is 4.95. The number of hydrazine groups is 1. The SMILES string of the molecule is Cc1cccc(N(N)c2cc([N+](=O)[O-])ccc2N)c1. The summed E-state index contributed by atoms with van der Waals surface area (Å²) in [4.78, 5) is 10.3. The summed E-state index contributed by atoms with van der Waals surface area (Å²) in [5.74, 6) is 5.99. The first-order valence-corrected chi connectivity index (χ1v) is 5.64. The van der Waals surface area contributed by atoms with Gasteiger partial charge in [-0.25, -0.2) is 5.84 Å². The Labute approximate surface area is 110 Å². The van der Waals surface area contributed by atoms with Crippen molar-refractivity contribution in [3.63, 3.8) is 0 Å². The molecule has 2 aromatic carbocycles. The average Bonchev–Trinajstić information content (AvgIpc) is 2.38. The Morgan fingerprint density at radius 1 is 1.21 bits per heavy atom. The van der Waals surface area contributed by atoms with Crippen LogP contribution in [0.5, 0.6) is 0 Å². The molecule has 0 bridgehead atoms. The van der Waals surface area contributed by atoms with Crippen LogP contribution in [0, 0.1) is 17.0 Å². The summed E-state index contributed by atoms with van der Waals surface area (Å²) in [5.41, 5.74) is 8.31. The van der Waals surface area contributed by atoms with Gasteiger partial charge in [0, 0.05) is 12.1 Å². The largest absolute Gasteiger partial charge is 0.397 e. The minimum Gasteiger partial charge on any atom is -0.397 e. The van der Waals surface area contributed by atoms with Gasteiger partial charge in [-0.3, -0.25) is 15.1 Å². The molecule has 0 saturated heterocycles. The molecule has 2 rings (SSSR count). The van der Waals surface area contributed by atoms with Gasteiger partial charge in [0.05, 0.1) is 22.0 Å². The first-order chi connectivity index (χ1) is 8.99. The summed E-state index contributed by atoms with van der Waals surface area (Å²) < 4.78 is 0. The van der Waals surface area contributed by atoms with Crippen LogP contribution >= 0.6 is 0 Å². The lowest BCUT2D eigenvalue weighted by molar-refractivity contribution is -0.384. The van der Waals surface area contributed by atoms with E-state index in [-0.39, 0.29) is 5.69 Å². The van der Waals surface area contributed by atoms with E-state index in [9.17, 15) is 10.1 Å². The topological polar surface area (TPSA) is 98.4 Å². The molecule has 0 saturated carbocycles. The van der Waals surface area contributed by atoms with E-state index in [0.717, 1.165) is 5.56 Å². The summed E-state index contributed by atoms with van der Waals surface area (Å²) in [6.07, 6.45) is 0. The zero-order valence-corrected chi connectivity index (χ0v) is 10.4. The van der Waals surface area contributed by atoms with E-state index in [1.807, 2.05) is 31.2 Å².